The van der Waals surface area contributed by atoms with Crippen LogP contribution in [0.2, 0.25) is 0 Å². The molecule has 0 aromatic heterocycles. The molecule has 0 fully saturated rings. The minimum Gasteiger partial charge on any atom is -0.497 e. The van der Waals surface area contributed by atoms with Crippen molar-refractivity contribution < 1.29 is 32.2 Å². The molecule has 0 saturated carbocycles. The fourth-order valence-corrected chi connectivity index (χ4v) is 2.49. The number of carbonyl (C=O) groups excluding carboxylic acids is 1. The molecule has 28 heavy (non-hydrogen) atoms. The maximum Gasteiger partial charge on any atom is 0.411 e. The van der Waals surface area contributed by atoms with E-state index in [4.69, 9.17) is 9.47 Å². The Morgan fingerprint density at radius 1 is 1.00 bits per heavy atom. The van der Waals surface area contributed by atoms with Gasteiger partial charge in [-0.05, 0) is 29.3 Å². The van der Waals surface area contributed by atoms with Crippen molar-refractivity contribution in [1.82, 2.24) is 5.32 Å². The van der Waals surface area contributed by atoms with Crippen LogP contribution >= 0.6 is 0 Å². The summed E-state index contributed by atoms with van der Waals surface area (Å²) in [5.74, 6) is 1.04. The van der Waals surface area contributed by atoms with Gasteiger partial charge in [0, 0.05) is 12.1 Å². The van der Waals surface area contributed by atoms with Gasteiger partial charge in [-0.15, -0.1) is 0 Å². The lowest BCUT2D eigenvalue weighted by atomic mass is 10.1. The number of hydrogen-bond acceptors (Lipinski definition) is 4. The number of rotatable bonds is 9. The Morgan fingerprint density at radius 2 is 1.68 bits per heavy atom. The minimum atomic E-state index is -4.34. The van der Waals surface area contributed by atoms with E-state index in [1.54, 1.807) is 49.6 Å². The van der Waals surface area contributed by atoms with Crippen LogP contribution in [0, 0.1) is 0 Å². The summed E-state index contributed by atoms with van der Waals surface area (Å²) in [5, 5.41) is 2.80. The van der Waals surface area contributed by atoms with Gasteiger partial charge >= 0.3 is 6.18 Å². The third-order valence-corrected chi connectivity index (χ3v) is 3.89. The second-order valence-corrected chi connectivity index (χ2v) is 6.06. The highest BCUT2D eigenvalue weighted by atomic mass is 19.4. The first-order chi connectivity index (χ1) is 13.3. The molecule has 1 amide bonds. The Bertz CT molecular complexity index is 776. The Morgan fingerprint density at radius 3 is 2.29 bits per heavy atom. The van der Waals surface area contributed by atoms with Gasteiger partial charge in [-0.1, -0.05) is 24.3 Å². The standard InChI is InChI=1S/C20H22F3NO4/c1-26-17-7-8-18(27-2)16(9-17)10-19(25)24-11-14-3-5-15(6-4-14)12-28-13-20(21,22)23/h3-9H,10-13H2,1-2H3,(H,24,25). The SMILES string of the molecule is COc1ccc(OC)c(CC(=O)NCc2ccc(COCC(F)(F)F)cc2)c1. The van der Waals surface area contributed by atoms with Crippen LogP contribution in [0.25, 0.3) is 0 Å². The smallest absolute Gasteiger partial charge is 0.411 e. The number of carbonyl (C=O) groups is 1. The molecule has 1 N–H and O–H groups in total. The summed E-state index contributed by atoms with van der Waals surface area (Å²) in [6.45, 7) is -1.10. The molecule has 0 saturated heterocycles. The van der Waals surface area contributed by atoms with Crippen LogP contribution in [0.5, 0.6) is 11.5 Å². The lowest BCUT2D eigenvalue weighted by Gasteiger charge is -2.11. The van der Waals surface area contributed by atoms with Gasteiger partial charge in [0.05, 0.1) is 27.2 Å². The molecule has 2 aromatic rings. The van der Waals surface area contributed by atoms with Crippen LogP contribution in [-0.2, 0) is 29.1 Å². The van der Waals surface area contributed by atoms with Crippen molar-refractivity contribution in [3.63, 3.8) is 0 Å². The van der Waals surface area contributed by atoms with Gasteiger partial charge < -0.3 is 19.5 Å². The Labute approximate surface area is 161 Å². The van der Waals surface area contributed by atoms with Crippen molar-refractivity contribution in [2.24, 2.45) is 0 Å². The third kappa shape index (κ3) is 7.11. The number of halogens is 3. The molecule has 0 spiro atoms. The average molecular weight is 397 g/mol. The van der Waals surface area contributed by atoms with Crippen molar-refractivity contribution in [3.05, 3.63) is 59.2 Å². The van der Waals surface area contributed by atoms with Crippen LogP contribution in [0.3, 0.4) is 0 Å². The van der Waals surface area contributed by atoms with E-state index in [-0.39, 0.29) is 18.9 Å². The maximum atomic E-state index is 12.2. The number of benzene rings is 2. The van der Waals surface area contributed by atoms with E-state index in [9.17, 15) is 18.0 Å². The highest BCUT2D eigenvalue weighted by Gasteiger charge is 2.27. The van der Waals surface area contributed by atoms with Crippen LogP contribution in [0.1, 0.15) is 16.7 Å². The second-order valence-electron chi connectivity index (χ2n) is 6.06. The predicted octanol–water partition coefficient (Wildman–Crippen LogP) is 3.64. The van der Waals surface area contributed by atoms with E-state index in [0.29, 0.717) is 29.2 Å². The first kappa shape index (κ1) is 21.6. The first-order valence-corrected chi connectivity index (χ1v) is 8.50. The summed E-state index contributed by atoms with van der Waals surface area (Å²) < 4.78 is 51.2. The summed E-state index contributed by atoms with van der Waals surface area (Å²) in [6, 6.07) is 12.0. The summed E-state index contributed by atoms with van der Waals surface area (Å²) in [4.78, 5) is 12.2. The Hall–Kier alpha value is -2.74. The van der Waals surface area contributed by atoms with E-state index in [1.165, 1.54) is 7.11 Å². The lowest BCUT2D eigenvalue weighted by molar-refractivity contribution is -0.176. The summed E-state index contributed by atoms with van der Waals surface area (Å²) >= 11 is 0. The molecule has 152 valence electrons. The molecular formula is C20H22F3NO4. The zero-order valence-corrected chi connectivity index (χ0v) is 15.6. The Balaban J connectivity index is 1.84. The summed E-state index contributed by atoms with van der Waals surface area (Å²) in [7, 11) is 3.08. The van der Waals surface area contributed by atoms with Crippen LogP contribution < -0.4 is 14.8 Å². The number of hydrogen-bond donors (Lipinski definition) is 1. The monoisotopic (exact) mass is 397 g/mol. The molecule has 0 atom stereocenters. The molecule has 8 heteroatoms. The quantitative estimate of drug-likeness (QED) is 0.702. The minimum absolute atomic E-state index is 0.123. The zero-order valence-electron chi connectivity index (χ0n) is 15.6. The molecule has 0 aliphatic heterocycles. The van der Waals surface area contributed by atoms with Gasteiger partial charge in [0.1, 0.15) is 18.1 Å². The zero-order chi connectivity index (χ0) is 20.6. The molecule has 5 nitrogen and oxygen atoms in total. The van der Waals surface area contributed by atoms with Crippen molar-refractivity contribution in [3.8, 4) is 11.5 Å². The molecular weight excluding hydrogens is 375 g/mol. The van der Waals surface area contributed by atoms with Gasteiger partial charge in [-0.25, -0.2) is 0 Å². The highest BCUT2D eigenvalue weighted by Crippen LogP contribution is 2.24. The molecule has 0 aliphatic rings. The van der Waals surface area contributed by atoms with Crippen LogP contribution in [-0.4, -0.2) is 32.9 Å². The highest BCUT2D eigenvalue weighted by molar-refractivity contribution is 5.79. The van der Waals surface area contributed by atoms with Crippen molar-refractivity contribution in [2.45, 2.75) is 25.7 Å². The fourth-order valence-electron chi connectivity index (χ4n) is 2.49. The van der Waals surface area contributed by atoms with E-state index in [2.05, 4.69) is 10.1 Å². The lowest BCUT2D eigenvalue weighted by Crippen LogP contribution is -2.24. The van der Waals surface area contributed by atoms with Gasteiger partial charge in [-0.3, -0.25) is 4.79 Å². The van der Waals surface area contributed by atoms with Gasteiger partial charge in [0.2, 0.25) is 5.91 Å². The third-order valence-electron chi connectivity index (χ3n) is 3.89. The van der Waals surface area contributed by atoms with Crippen molar-refractivity contribution in [1.29, 1.82) is 0 Å². The number of nitrogens with one attached hydrogen (secondary N) is 1. The number of ether oxygens (including phenoxy) is 3. The van der Waals surface area contributed by atoms with Crippen LogP contribution in [0.4, 0.5) is 13.2 Å². The molecule has 0 unspecified atom stereocenters. The molecule has 0 aliphatic carbocycles. The molecule has 0 bridgehead atoms. The molecule has 0 heterocycles. The van der Waals surface area contributed by atoms with Gasteiger partial charge in [-0.2, -0.15) is 13.2 Å². The Kier molecular flexibility index (Phi) is 7.69. The topological polar surface area (TPSA) is 56.8 Å². The summed E-state index contributed by atoms with van der Waals surface area (Å²) in [6.07, 6.45) is -4.21. The second kappa shape index (κ2) is 9.98. The van der Waals surface area contributed by atoms with Gasteiger partial charge in [0.15, 0.2) is 0 Å². The number of methoxy groups -OCH3 is 2. The normalized spacial score (nSPS) is 11.2. The van der Waals surface area contributed by atoms with Gasteiger partial charge in [0.25, 0.3) is 0 Å². The van der Waals surface area contributed by atoms with E-state index >= 15 is 0 Å². The molecule has 2 rings (SSSR count). The van der Waals surface area contributed by atoms with Crippen molar-refractivity contribution >= 4 is 5.91 Å². The van der Waals surface area contributed by atoms with Crippen LogP contribution in [0.15, 0.2) is 42.5 Å². The fraction of sp³-hybridized carbons (Fsp3) is 0.350. The van der Waals surface area contributed by atoms with Crippen molar-refractivity contribution in [2.75, 3.05) is 20.8 Å². The average Bonchev–Trinajstić information content (AvgIpc) is 2.66. The summed E-state index contributed by atoms with van der Waals surface area (Å²) in [5.41, 5.74) is 2.16. The molecule has 0 radical (unpaired) electrons. The van der Waals surface area contributed by atoms with E-state index in [0.717, 1.165) is 5.56 Å². The maximum absolute atomic E-state index is 12.2. The predicted molar refractivity (Wildman–Crippen MR) is 97.2 cm³/mol. The van der Waals surface area contributed by atoms with E-state index in [1.807, 2.05) is 0 Å². The van der Waals surface area contributed by atoms with E-state index < -0.39 is 12.8 Å². The first-order valence-electron chi connectivity index (χ1n) is 8.50. The number of amides is 1. The number of alkyl halides is 3. The largest absolute Gasteiger partial charge is 0.497 e. The molecule has 2 aromatic carbocycles.